The molecule has 192 valence electrons. The van der Waals surface area contributed by atoms with E-state index in [1.807, 2.05) is 59.1 Å². The summed E-state index contributed by atoms with van der Waals surface area (Å²) in [6.45, 7) is 11.1. The van der Waals surface area contributed by atoms with Gasteiger partial charge in [-0.25, -0.2) is 0 Å². The maximum atomic E-state index is 10.3. The van der Waals surface area contributed by atoms with Crippen LogP contribution in [0.15, 0.2) is 52.9 Å². The minimum Gasteiger partial charge on any atom is -0.497 e. The maximum absolute atomic E-state index is 10.3. The average molecular weight is 484 g/mol. The molecule has 0 bridgehead atoms. The van der Waals surface area contributed by atoms with Crippen LogP contribution in [0.5, 0.6) is 5.75 Å². The molecule has 3 aromatic rings. The van der Waals surface area contributed by atoms with Crippen molar-refractivity contribution >= 4 is 12.1 Å². The van der Waals surface area contributed by atoms with Gasteiger partial charge in [0.25, 0.3) is 0 Å². The second-order valence-electron chi connectivity index (χ2n) is 7.91. The number of hydrogen-bond donors (Lipinski definition) is 0. The molecule has 0 unspecified atom stereocenters. The standard InChI is InChI=1S/C18H19N3O2.C7H16N2O.C2H6/c1-13-19-20-18(23-13)15-6-4-14(5-7-15)12-21(2)16-8-10-17(22-3)11-9-16;1-4-9(7-10)6-5-8(2)3;1-2/h4-11H,12H2,1-3H3;7H,4-6H2,1-3H3;1-2H3. The number of anilines is 1. The molecule has 1 amide bonds. The third kappa shape index (κ3) is 10.6. The first-order valence-electron chi connectivity index (χ1n) is 11.9. The summed E-state index contributed by atoms with van der Waals surface area (Å²) in [5, 5.41) is 7.88. The fourth-order valence-electron chi connectivity index (χ4n) is 2.98. The van der Waals surface area contributed by atoms with Crippen molar-refractivity contribution in [1.29, 1.82) is 0 Å². The van der Waals surface area contributed by atoms with E-state index in [0.29, 0.717) is 11.8 Å². The number of ether oxygens (including phenoxy) is 1. The van der Waals surface area contributed by atoms with E-state index in [0.717, 1.165) is 49.6 Å². The van der Waals surface area contributed by atoms with E-state index in [-0.39, 0.29) is 0 Å². The van der Waals surface area contributed by atoms with Crippen molar-refractivity contribution in [1.82, 2.24) is 20.0 Å². The van der Waals surface area contributed by atoms with E-state index in [1.165, 1.54) is 5.56 Å². The van der Waals surface area contributed by atoms with Gasteiger partial charge in [-0.3, -0.25) is 4.79 Å². The van der Waals surface area contributed by atoms with Crippen LogP contribution in [0.4, 0.5) is 5.69 Å². The third-order valence-corrected chi connectivity index (χ3v) is 5.05. The third-order valence-electron chi connectivity index (χ3n) is 5.05. The summed E-state index contributed by atoms with van der Waals surface area (Å²) >= 11 is 0. The second-order valence-corrected chi connectivity index (χ2v) is 7.91. The summed E-state index contributed by atoms with van der Waals surface area (Å²) in [7, 11) is 7.74. The summed E-state index contributed by atoms with van der Waals surface area (Å²) in [5.41, 5.74) is 3.28. The molecule has 0 radical (unpaired) electrons. The fraction of sp³-hybridized carbons (Fsp3) is 0.444. The van der Waals surface area contributed by atoms with Crippen LogP contribution < -0.4 is 9.64 Å². The van der Waals surface area contributed by atoms with Crippen molar-refractivity contribution in [2.75, 3.05) is 52.8 Å². The molecule has 0 aliphatic heterocycles. The predicted molar refractivity (Wildman–Crippen MR) is 143 cm³/mol. The van der Waals surface area contributed by atoms with Gasteiger partial charge in [0.15, 0.2) is 0 Å². The SMILES string of the molecule is CC.CCN(C=O)CCN(C)C.COc1ccc(N(C)Cc2ccc(-c3nnc(C)o3)cc2)cc1. The van der Waals surface area contributed by atoms with Crippen LogP contribution >= 0.6 is 0 Å². The summed E-state index contributed by atoms with van der Waals surface area (Å²) in [6.07, 6.45) is 0.892. The van der Waals surface area contributed by atoms with Crippen molar-refractivity contribution in [2.24, 2.45) is 0 Å². The number of rotatable bonds is 10. The van der Waals surface area contributed by atoms with Crippen LogP contribution in [0.25, 0.3) is 11.5 Å². The lowest BCUT2D eigenvalue weighted by Gasteiger charge is -2.19. The molecule has 0 N–H and O–H groups in total. The highest BCUT2D eigenvalue weighted by atomic mass is 16.5. The molecule has 1 aromatic heterocycles. The predicted octanol–water partition coefficient (Wildman–Crippen LogP) is 4.74. The summed E-state index contributed by atoms with van der Waals surface area (Å²) in [6, 6.07) is 16.2. The van der Waals surface area contributed by atoms with Gasteiger partial charge in [0.2, 0.25) is 18.2 Å². The lowest BCUT2D eigenvalue weighted by atomic mass is 10.1. The molecule has 0 saturated heterocycles. The number of benzene rings is 2. The van der Waals surface area contributed by atoms with E-state index in [9.17, 15) is 4.79 Å². The molecule has 0 atom stereocenters. The van der Waals surface area contributed by atoms with Crippen molar-refractivity contribution in [3.05, 3.63) is 60.0 Å². The van der Waals surface area contributed by atoms with Crippen LogP contribution in [-0.4, -0.2) is 74.3 Å². The van der Waals surface area contributed by atoms with Gasteiger partial charge in [-0.15, -0.1) is 10.2 Å². The lowest BCUT2D eigenvalue weighted by Crippen LogP contribution is -2.30. The van der Waals surface area contributed by atoms with Crippen molar-refractivity contribution in [3.63, 3.8) is 0 Å². The molecular weight excluding hydrogens is 442 g/mol. The number of amides is 1. The zero-order chi connectivity index (χ0) is 26.2. The van der Waals surface area contributed by atoms with Gasteiger partial charge in [0, 0.05) is 51.4 Å². The normalized spacial score (nSPS) is 9.97. The van der Waals surface area contributed by atoms with Gasteiger partial charge in [0.1, 0.15) is 5.75 Å². The molecule has 3 rings (SSSR count). The number of methoxy groups -OCH3 is 1. The molecule has 8 heteroatoms. The molecule has 0 aliphatic rings. The highest BCUT2D eigenvalue weighted by Crippen LogP contribution is 2.22. The maximum Gasteiger partial charge on any atom is 0.247 e. The summed E-state index contributed by atoms with van der Waals surface area (Å²) < 4.78 is 10.6. The van der Waals surface area contributed by atoms with E-state index >= 15 is 0 Å². The zero-order valence-corrected chi connectivity index (χ0v) is 22.5. The quantitative estimate of drug-likeness (QED) is 0.386. The topological polar surface area (TPSA) is 74.9 Å². The number of carbonyl (C=O) groups is 1. The van der Waals surface area contributed by atoms with Gasteiger partial charge < -0.3 is 23.9 Å². The van der Waals surface area contributed by atoms with E-state index in [4.69, 9.17) is 9.15 Å². The van der Waals surface area contributed by atoms with Gasteiger partial charge in [-0.1, -0.05) is 26.0 Å². The van der Waals surface area contributed by atoms with Crippen LogP contribution in [0.1, 0.15) is 32.2 Å². The van der Waals surface area contributed by atoms with Crippen LogP contribution in [0.3, 0.4) is 0 Å². The molecule has 0 saturated carbocycles. The first-order valence-corrected chi connectivity index (χ1v) is 11.9. The lowest BCUT2D eigenvalue weighted by molar-refractivity contribution is -0.118. The minimum absolute atomic E-state index is 0.553. The highest BCUT2D eigenvalue weighted by molar-refractivity contribution is 5.54. The summed E-state index contributed by atoms with van der Waals surface area (Å²) in [5.74, 6) is 1.99. The van der Waals surface area contributed by atoms with Crippen molar-refractivity contribution < 1.29 is 13.9 Å². The largest absolute Gasteiger partial charge is 0.497 e. The Kier molecular flexibility index (Phi) is 13.8. The van der Waals surface area contributed by atoms with Crippen LogP contribution in [0.2, 0.25) is 0 Å². The molecule has 8 nitrogen and oxygen atoms in total. The molecule has 1 heterocycles. The highest BCUT2D eigenvalue weighted by Gasteiger charge is 2.07. The van der Waals surface area contributed by atoms with Gasteiger partial charge in [-0.05, 0) is 63.0 Å². The van der Waals surface area contributed by atoms with Gasteiger partial charge >= 0.3 is 0 Å². The monoisotopic (exact) mass is 483 g/mol. The average Bonchev–Trinajstić information content (AvgIpc) is 3.33. The number of hydrogen-bond acceptors (Lipinski definition) is 7. The Labute approximate surface area is 210 Å². The molecular formula is C27H41N5O3. The van der Waals surface area contributed by atoms with Gasteiger partial charge in [-0.2, -0.15) is 0 Å². The smallest absolute Gasteiger partial charge is 0.247 e. The van der Waals surface area contributed by atoms with Crippen molar-refractivity contribution in [3.8, 4) is 17.2 Å². The molecule has 35 heavy (non-hydrogen) atoms. The number of aromatic nitrogens is 2. The number of carbonyl (C=O) groups excluding carboxylic acids is 1. The molecule has 0 fully saturated rings. The van der Waals surface area contributed by atoms with Gasteiger partial charge in [0.05, 0.1) is 7.11 Å². The summed E-state index contributed by atoms with van der Waals surface area (Å²) in [4.78, 5) is 16.3. The van der Waals surface area contributed by atoms with Crippen molar-refractivity contribution in [2.45, 2.75) is 34.2 Å². The molecule has 0 spiro atoms. The first-order chi connectivity index (χ1) is 16.9. The Morgan fingerprint density at radius 2 is 1.57 bits per heavy atom. The number of aryl methyl sites for hydroxylation is 1. The Hall–Kier alpha value is -3.39. The molecule has 2 aromatic carbocycles. The Morgan fingerprint density at radius 3 is 2.03 bits per heavy atom. The number of likely N-dealkylation sites (N-methyl/N-ethyl adjacent to an activating group) is 2. The Morgan fingerprint density at radius 1 is 0.943 bits per heavy atom. The Balaban J connectivity index is 0.000000433. The minimum atomic E-state index is 0.553. The van der Waals surface area contributed by atoms with E-state index in [2.05, 4.69) is 51.3 Å². The number of nitrogens with zero attached hydrogens (tertiary/aromatic N) is 5. The molecule has 0 aliphatic carbocycles. The van der Waals surface area contributed by atoms with E-state index in [1.54, 1.807) is 18.9 Å². The second kappa shape index (κ2) is 16.3. The van der Waals surface area contributed by atoms with Crippen LogP contribution in [-0.2, 0) is 11.3 Å². The zero-order valence-electron chi connectivity index (χ0n) is 22.5. The van der Waals surface area contributed by atoms with Crippen LogP contribution in [0, 0.1) is 6.92 Å². The Bertz CT molecular complexity index is 956. The fourth-order valence-corrected chi connectivity index (χ4v) is 2.98. The van der Waals surface area contributed by atoms with E-state index < -0.39 is 0 Å². The first kappa shape index (κ1) is 29.6.